The molecule has 1 unspecified atom stereocenters. The quantitative estimate of drug-likeness (QED) is 0.720. The van der Waals surface area contributed by atoms with E-state index in [0.29, 0.717) is 22.6 Å². The maximum atomic E-state index is 13.6. The number of carbonyl (C=O) groups is 1. The number of anilines is 1. The van der Waals surface area contributed by atoms with Gasteiger partial charge in [0.1, 0.15) is 17.1 Å². The van der Waals surface area contributed by atoms with Gasteiger partial charge in [0.2, 0.25) is 0 Å². The lowest BCUT2D eigenvalue weighted by molar-refractivity contribution is -0.122. The first-order chi connectivity index (χ1) is 12.3. The molecule has 0 radical (unpaired) electrons. The summed E-state index contributed by atoms with van der Waals surface area (Å²) in [6.07, 6.45) is -0.826. The van der Waals surface area contributed by atoms with Gasteiger partial charge in [0, 0.05) is 23.2 Å². The summed E-state index contributed by atoms with van der Waals surface area (Å²) in [7, 11) is 0. The number of hydrogen-bond acceptors (Lipinski definition) is 4. The number of amides is 1. The van der Waals surface area contributed by atoms with E-state index in [1.54, 1.807) is 44.2 Å². The largest absolute Gasteiger partial charge is 0.481 e. The molecular formula is C20H18FNO4. The molecule has 2 aromatic carbocycles. The molecule has 0 aliphatic rings. The van der Waals surface area contributed by atoms with Crippen molar-refractivity contribution in [1.29, 1.82) is 0 Å². The summed E-state index contributed by atoms with van der Waals surface area (Å²) in [5.74, 6) is -0.417. The average Bonchev–Trinajstić information content (AvgIpc) is 2.57. The third kappa shape index (κ3) is 3.74. The van der Waals surface area contributed by atoms with Gasteiger partial charge in [-0.1, -0.05) is 6.07 Å². The van der Waals surface area contributed by atoms with Crippen molar-refractivity contribution in [3.05, 3.63) is 69.8 Å². The van der Waals surface area contributed by atoms with E-state index < -0.39 is 23.5 Å². The fourth-order valence-corrected chi connectivity index (χ4v) is 2.55. The third-order valence-corrected chi connectivity index (χ3v) is 4.04. The summed E-state index contributed by atoms with van der Waals surface area (Å²) in [6, 6.07) is 10.9. The van der Waals surface area contributed by atoms with Gasteiger partial charge in [0.05, 0.1) is 0 Å². The zero-order valence-electron chi connectivity index (χ0n) is 14.6. The predicted molar refractivity (Wildman–Crippen MR) is 97.1 cm³/mol. The van der Waals surface area contributed by atoms with Gasteiger partial charge in [-0.3, -0.25) is 4.79 Å². The molecular weight excluding hydrogens is 337 g/mol. The molecule has 0 spiro atoms. The smallest absolute Gasteiger partial charge is 0.336 e. The van der Waals surface area contributed by atoms with E-state index in [9.17, 15) is 14.0 Å². The molecule has 5 nitrogen and oxygen atoms in total. The fourth-order valence-electron chi connectivity index (χ4n) is 2.55. The first-order valence-corrected chi connectivity index (χ1v) is 8.11. The summed E-state index contributed by atoms with van der Waals surface area (Å²) in [5.41, 5.74) is 1.60. The minimum Gasteiger partial charge on any atom is -0.481 e. The second kappa shape index (κ2) is 7.00. The zero-order valence-corrected chi connectivity index (χ0v) is 14.6. The Morgan fingerprint density at radius 2 is 1.88 bits per heavy atom. The van der Waals surface area contributed by atoms with Gasteiger partial charge >= 0.3 is 5.63 Å². The maximum Gasteiger partial charge on any atom is 0.336 e. The molecule has 0 aliphatic heterocycles. The van der Waals surface area contributed by atoms with Crippen LogP contribution in [-0.4, -0.2) is 12.0 Å². The highest BCUT2D eigenvalue weighted by Crippen LogP contribution is 2.23. The normalized spacial score (nSPS) is 12.0. The molecule has 134 valence electrons. The van der Waals surface area contributed by atoms with Crippen LogP contribution in [0.1, 0.15) is 18.1 Å². The topological polar surface area (TPSA) is 68.5 Å². The first-order valence-electron chi connectivity index (χ1n) is 8.11. The van der Waals surface area contributed by atoms with Gasteiger partial charge in [-0.2, -0.15) is 0 Å². The number of ether oxygens (including phenoxy) is 1. The van der Waals surface area contributed by atoms with E-state index in [-0.39, 0.29) is 0 Å². The number of rotatable bonds is 4. The molecule has 1 aromatic heterocycles. The van der Waals surface area contributed by atoms with Gasteiger partial charge in [-0.25, -0.2) is 9.18 Å². The van der Waals surface area contributed by atoms with Gasteiger partial charge < -0.3 is 14.5 Å². The zero-order chi connectivity index (χ0) is 18.8. The lowest BCUT2D eigenvalue weighted by atomic mass is 10.1. The Morgan fingerprint density at radius 3 is 2.62 bits per heavy atom. The standard InChI is InChI=1S/C20H18FNO4/c1-11-4-5-14(9-17(11)21)22-20(24)13(3)25-15-6-7-16-12(2)8-19(23)26-18(16)10-15/h4-10,13H,1-3H3,(H,22,24). The van der Waals surface area contributed by atoms with Gasteiger partial charge in [0.15, 0.2) is 6.10 Å². The van der Waals surface area contributed by atoms with E-state index in [0.717, 1.165) is 10.9 Å². The van der Waals surface area contributed by atoms with Crippen molar-refractivity contribution < 1.29 is 18.3 Å². The van der Waals surface area contributed by atoms with Crippen LogP contribution >= 0.6 is 0 Å². The van der Waals surface area contributed by atoms with Crippen molar-refractivity contribution in [2.45, 2.75) is 26.9 Å². The Kier molecular flexibility index (Phi) is 4.75. The van der Waals surface area contributed by atoms with E-state index in [2.05, 4.69) is 5.32 Å². The molecule has 1 N–H and O–H groups in total. The van der Waals surface area contributed by atoms with Crippen LogP contribution in [0.15, 0.2) is 51.7 Å². The van der Waals surface area contributed by atoms with Crippen molar-refractivity contribution in [2.75, 3.05) is 5.32 Å². The SMILES string of the molecule is Cc1ccc(NC(=O)C(C)Oc2ccc3c(C)cc(=O)oc3c2)cc1F. The van der Waals surface area contributed by atoms with Crippen molar-refractivity contribution in [1.82, 2.24) is 0 Å². The Hall–Kier alpha value is -3.15. The summed E-state index contributed by atoms with van der Waals surface area (Å²) in [4.78, 5) is 23.8. The Bertz CT molecular complexity index is 1040. The highest BCUT2D eigenvalue weighted by Gasteiger charge is 2.16. The molecule has 6 heteroatoms. The van der Waals surface area contributed by atoms with Crippen molar-refractivity contribution >= 4 is 22.6 Å². The number of carbonyl (C=O) groups excluding carboxylic acids is 1. The second-order valence-electron chi connectivity index (χ2n) is 6.12. The molecule has 3 aromatic rings. The Balaban J connectivity index is 1.75. The molecule has 1 heterocycles. The van der Waals surface area contributed by atoms with Crippen molar-refractivity contribution in [3.63, 3.8) is 0 Å². The Morgan fingerprint density at radius 1 is 1.12 bits per heavy atom. The van der Waals surface area contributed by atoms with Crippen molar-refractivity contribution in [3.8, 4) is 5.75 Å². The molecule has 0 fully saturated rings. The van der Waals surface area contributed by atoms with Gasteiger partial charge in [-0.15, -0.1) is 0 Å². The highest BCUT2D eigenvalue weighted by atomic mass is 19.1. The van der Waals surface area contributed by atoms with Crippen LogP contribution in [0.2, 0.25) is 0 Å². The number of nitrogens with one attached hydrogen (secondary N) is 1. The van der Waals surface area contributed by atoms with Crippen LogP contribution in [0.25, 0.3) is 11.0 Å². The van der Waals surface area contributed by atoms with E-state index >= 15 is 0 Å². The molecule has 26 heavy (non-hydrogen) atoms. The van der Waals surface area contributed by atoms with Crippen LogP contribution in [0.4, 0.5) is 10.1 Å². The number of hydrogen-bond donors (Lipinski definition) is 1. The molecule has 0 saturated heterocycles. The highest BCUT2D eigenvalue weighted by molar-refractivity contribution is 5.94. The van der Waals surface area contributed by atoms with E-state index in [4.69, 9.17) is 9.15 Å². The van der Waals surface area contributed by atoms with Crippen LogP contribution in [0, 0.1) is 19.7 Å². The number of aryl methyl sites for hydroxylation is 2. The van der Waals surface area contributed by atoms with Crippen LogP contribution in [-0.2, 0) is 4.79 Å². The first kappa shape index (κ1) is 17.7. The van der Waals surface area contributed by atoms with Crippen molar-refractivity contribution in [2.24, 2.45) is 0 Å². The summed E-state index contributed by atoms with van der Waals surface area (Å²) in [6.45, 7) is 5.04. The Labute approximate surface area is 149 Å². The molecule has 1 atom stereocenters. The molecule has 0 saturated carbocycles. The number of halogens is 1. The molecule has 0 aliphatic carbocycles. The number of fused-ring (bicyclic) bond motifs is 1. The summed E-state index contributed by atoms with van der Waals surface area (Å²) < 4.78 is 24.4. The molecule has 0 bridgehead atoms. The summed E-state index contributed by atoms with van der Waals surface area (Å²) >= 11 is 0. The monoisotopic (exact) mass is 355 g/mol. The minimum atomic E-state index is -0.826. The number of benzene rings is 2. The maximum absolute atomic E-state index is 13.6. The summed E-state index contributed by atoms with van der Waals surface area (Å²) in [5, 5.41) is 3.40. The predicted octanol–water partition coefficient (Wildman–Crippen LogP) is 3.95. The van der Waals surface area contributed by atoms with Crippen LogP contribution in [0.5, 0.6) is 5.75 Å². The molecule has 3 rings (SSSR count). The second-order valence-corrected chi connectivity index (χ2v) is 6.12. The van der Waals surface area contributed by atoms with E-state index in [1.165, 1.54) is 12.1 Å². The van der Waals surface area contributed by atoms with Gasteiger partial charge in [0.25, 0.3) is 5.91 Å². The van der Waals surface area contributed by atoms with Crippen LogP contribution < -0.4 is 15.7 Å². The van der Waals surface area contributed by atoms with E-state index in [1.807, 2.05) is 6.92 Å². The van der Waals surface area contributed by atoms with Gasteiger partial charge in [-0.05, 0) is 56.2 Å². The third-order valence-electron chi connectivity index (χ3n) is 4.04. The average molecular weight is 355 g/mol. The fraction of sp³-hybridized carbons (Fsp3) is 0.200. The molecule has 1 amide bonds. The lowest BCUT2D eigenvalue weighted by Crippen LogP contribution is -2.30. The minimum absolute atomic E-state index is 0.355. The lowest BCUT2D eigenvalue weighted by Gasteiger charge is -2.15. The van der Waals surface area contributed by atoms with Crippen LogP contribution in [0.3, 0.4) is 0 Å².